The van der Waals surface area contributed by atoms with Crippen molar-refractivity contribution >= 4 is 5.91 Å². The van der Waals surface area contributed by atoms with Gasteiger partial charge in [-0.05, 0) is 20.9 Å². The first-order valence-electron chi connectivity index (χ1n) is 7.30. The van der Waals surface area contributed by atoms with Crippen LogP contribution in [0.2, 0.25) is 0 Å². The van der Waals surface area contributed by atoms with Gasteiger partial charge in [0.15, 0.2) is 5.82 Å². The summed E-state index contributed by atoms with van der Waals surface area (Å²) in [6.07, 6.45) is 0. The van der Waals surface area contributed by atoms with Crippen LogP contribution < -0.4 is 0 Å². The maximum Gasteiger partial charge on any atom is 0.257 e. The van der Waals surface area contributed by atoms with Gasteiger partial charge in [0.1, 0.15) is 17.9 Å². The largest absolute Gasteiger partial charge is 0.450 e. The third-order valence-corrected chi connectivity index (χ3v) is 4.02. The summed E-state index contributed by atoms with van der Waals surface area (Å²) >= 11 is 0. The number of carbonyl (C=O) groups is 1. The van der Waals surface area contributed by atoms with Crippen molar-refractivity contribution in [1.29, 1.82) is 5.26 Å². The third-order valence-electron chi connectivity index (χ3n) is 4.02. The molecule has 1 aliphatic heterocycles. The first kappa shape index (κ1) is 15.2. The summed E-state index contributed by atoms with van der Waals surface area (Å²) in [5.74, 6) is 1.52. The molecule has 120 valence electrons. The van der Waals surface area contributed by atoms with E-state index < -0.39 is 0 Å². The molecule has 0 saturated carbocycles. The number of hydrogen-bond donors (Lipinski definition) is 0. The van der Waals surface area contributed by atoms with Crippen molar-refractivity contribution in [3.05, 3.63) is 34.9 Å². The fraction of sp³-hybridized carbons (Fsp3) is 0.467. The maximum atomic E-state index is 12.7. The third kappa shape index (κ3) is 2.83. The van der Waals surface area contributed by atoms with Crippen molar-refractivity contribution in [3.8, 4) is 6.07 Å². The Balaban J connectivity index is 1.82. The molecule has 0 N–H and O–H groups in total. The number of piperazine rings is 1. The molecule has 8 heteroatoms. The molecule has 3 rings (SSSR count). The second kappa shape index (κ2) is 5.85. The van der Waals surface area contributed by atoms with Gasteiger partial charge in [0.2, 0.25) is 11.7 Å². The molecule has 0 aliphatic carbocycles. The summed E-state index contributed by atoms with van der Waals surface area (Å²) in [5.41, 5.74) is 0.423. The lowest BCUT2D eigenvalue weighted by molar-refractivity contribution is 0.0487. The monoisotopic (exact) mass is 315 g/mol. The van der Waals surface area contributed by atoms with Crippen LogP contribution >= 0.6 is 0 Å². The summed E-state index contributed by atoms with van der Waals surface area (Å²) in [5, 5.41) is 12.7. The van der Waals surface area contributed by atoms with Crippen LogP contribution in [0.25, 0.3) is 0 Å². The number of furan rings is 1. The van der Waals surface area contributed by atoms with Crippen LogP contribution in [0.4, 0.5) is 0 Å². The summed E-state index contributed by atoms with van der Waals surface area (Å²) in [4.78, 5) is 20.8. The lowest BCUT2D eigenvalue weighted by Crippen LogP contribution is -2.49. The smallest absolute Gasteiger partial charge is 0.257 e. The molecule has 1 aliphatic rings. The Labute approximate surface area is 133 Å². The molecule has 3 heterocycles. The van der Waals surface area contributed by atoms with Crippen LogP contribution in [0.3, 0.4) is 0 Å². The van der Waals surface area contributed by atoms with E-state index >= 15 is 0 Å². The van der Waals surface area contributed by atoms with Crippen LogP contribution in [0.5, 0.6) is 0 Å². The van der Waals surface area contributed by atoms with E-state index in [4.69, 9.17) is 14.2 Å². The van der Waals surface area contributed by atoms with E-state index in [0.29, 0.717) is 42.7 Å². The average Bonchev–Trinajstić information content (AvgIpc) is 3.13. The SMILES string of the molecule is Cc1noc([C@H]2CN(C(=O)c3cc(C#N)oc3C)CCN2C)n1. The molecule has 23 heavy (non-hydrogen) atoms. The van der Waals surface area contributed by atoms with Gasteiger partial charge >= 0.3 is 0 Å². The number of hydrogen-bond acceptors (Lipinski definition) is 7. The first-order valence-corrected chi connectivity index (χ1v) is 7.30. The topological polar surface area (TPSA) is 99.4 Å². The molecule has 8 nitrogen and oxygen atoms in total. The molecule has 1 fully saturated rings. The number of carbonyl (C=O) groups excluding carboxylic acids is 1. The van der Waals surface area contributed by atoms with Gasteiger partial charge in [-0.1, -0.05) is 5.16 Å². The Morgan fingerprint density at radius 3 is 2.83 bits per heavy atom. The molecule has 0 spiro atoms. The molecule has 2 aromatic heterocycles. The van der Waals surface area contributed by atoms with E-state index in [0.717, 1.165) is 0 Å². The van der Waals surface area contributed by atoms with Gasteiger partial charge in [0.05, 0.1) is 5.56 Å². The van der Waals surface area contributed by atoms with Gasteiger partial charge in [-0.25, -0.2) is 0 Å². The summed E-state index contributed by atoms with van der Waals surface area (Å²) in [6.45, 7) is 5.18. The molecular weight excluding hydrogens is 298 g/mol. The minimum Gasteiger partial charge on any atom is -0.450 e. The van der Waals surface area contributed by atoms with E-state index in [-0.39, 0.29) is 17.7 Å². The second-order valence-electron chi connectivity index (χ2n) is 5.62. The molecule has 2 aromatic rings. The lowest BCUT2D eigenvalue weighted by atomic mass is 10.1. The normalized spacial score (nSPS) is 18.9. The fourth-order valence-corrected chi connectivity index (χ4v) is 2.69. The summed E-state index contributed by atoms with van der Waals surface area (Å²) in [6, 6.07) is 3.26. The van der Waals surface area contributed by atoms with Crippen molar-refractivity contribution < 1.29 is 13.7 Å². The summed E-state index contributed by atoms with van der Waals surface area (Å²) < 4.78 is 10.5. The van der Waals surface area contributed by atoms with Gasteiger partial charge in [0.25, 0.3) is 5.91 Å². The standard InChI is InChI=1S/C15H17N5O3/c1-9-12(6-11(7-16)22-9)15(21)20-5-4-19(3)13(8-20)14-17-10(2)18-23-14/h6,13H,4-5,8H2,1-3H3/t13-/m1/s1. The zero-order chi connectivity index (χ0) is 16.6. The quantitative estimate of drug-likeness (QED) is 0.823. The zero-order valence-electron chi connectivity index (χ0n) is 13.2. The van der Waals surface area contributed by atoms with Crippen LogP contribution in [-0.2, 0) is 0 Å². The van der Waals surface area contributed by atoms with Gasteiger partial charge in [0, 0.05) is 25.7 Å². The predicted molar refractivity (Wildman–Crippen MR) is 78.5 cm³/mol. The molecule has 0 unspecified atom stereocenters. The van der Waals surface area contributed by atoms with Gasteiger partial charge < -0.3 is 13.8 Å². The summed E-state index contributed by atoms with van der Waals surface area (Å²) in [7, 11) is 1.96. The van der Waals surface area contributed by atoms with E-state index in [1.54, 1.807) is 18.7 Å². The number of nitriles is 1. The Kier molecular flexibility index (Phi) is 3.88. The number of likely N-dealkylation sites (N-methyl/N-ethyl adjacent to an activating group) is 1. The van der Waals surface area contributed by atoms with Gasteiger partial charge in [-0.15, -0.1) is 0 Å². The molecule has 0 radical (unpaired) electrons. The number of nitrogens with zero attached hydrogens (tertiary/aromatic N) is 5. The molecule has 0 bridgehead atoms. The Hall–Kier alpha value is -2.66. The van der Waals surface area contributed by atoms with Crippen LogP contribution in [0.1, 0.15) is 39.6 Å². The number of rotatable bonds is 2. The van der Waals surface area contributed by atoms with Crippen molar-refractivity contribution in [3.63, 3.8) is 0 Å². The highest BCUT2D eigenvalue weighted by Crippen LogP contribution is 2.25. The first-order chi connectivity index (χ1) is 11.0. The van der Waals surface area contributed by atoms with Crippen LogP contribution in [0, 0.1) is 25.2 Å². The highest BCUT2D eigenvalue weighted by Gasteiger charge is 2.33. The predicted octanol–water partition coefficient (Wildman–Crippen LogP) is 1.28. The highest BCUT2D eigenvalue weighted by molar-refractivity contribution is 5.95. The average molecular weight is 315 g/mol. The van der Waals surface area contributed by atoms with E-state index in [1.807, 2.05) is 13.1 Å². The maximum absolute atomic E-state index is 12.7. The van der Waals surface area contributed by atoms with Crippen LogP contribution in [0.15, 0.2) is 15.0 Å². The lowest BCUT2D eigenvalue weighted by Gasteiger charge is -2.37. The molecule has 1 amide bonds. The molecule has 0 aromatic carbocycles. The number of amides is 1. The van der Waals surface area contributed by atoms with Crippen molar-refractivity contribution in [2.45, 2.75) is 19.9 Å². The van der Waals surface area contributed by atoms with Crippen molar-refractivity contribution in [1.82, 2.24) is 19.9 Å². The Morgan fingerprint density at radius 2 is 2.22 bits per heavy atom. The molecular formula is C15H17N5O3. The Morgan fingerprint density at radius 1 is 1.43 bits per heavy atom. The molecule has 1 saturated heterocycles. The minimum atomic E-state index is -0.151. The van der Waals surface area contributed by atoms with Crippen molar-refractivity contribution in [2.24, 2.45) is 0 Å². The van der Waals surface area contributed by atoms with E-state index in [1.165, 1.54) is 6.07 Å². The fourth-order valence-electron chi connectivity index (χ4n) is 2.69. The van der Waals surface area contributed by atoms with E-state index in [2.05, 4.69) is 15.0 Å². The van der Waals surface area contributed by atoms with Crippen LogP contribution in [-0.4, -0.2) is 52.5 Å². The zero-order valence-corrected chi connectivity index (χ0v) is 13.2. The molecule has 1 atom stereocenters. The Bertz CT molecular complexity index is 772. The van der Waals surface area contributed by atoms with E-state index in [9.17, 15) is 4.79 Å². The van der Waals surface area contributed by atoms with Crippen molar-refractivity contribution in [2.75, 3.05) is 26.7 Å². The second-order valence-corrected chi connectivity index (χ2v) is 5.62. The van der Waals surface area contributed by atoms with Gasteiger partial charge in [-0.3, -0.25) is 9.69 Å². The highest BCUT2D eigenvalue weighted by atomic mass is 16.5. The van der Waals surface area contributed by atoms with Gasteiger partial charge in [-0.2, -0.15) is 10.2 Å². The minimum absolute atomic E-state index is 0.142. The number of aryl methyl sites for hydroxylation is 2. The number of aromatic nitrogens is 2.